The van der Waals surface area contributed by atoms with Gasteiger partial charge in [0.05, 0.1) is 24.5 Å². The molecular formula is C15H25N3O. The molecule has 0 bridgehead atoms. The Morgan fingerprint density at radius 1 is 1.37 bits per heavy atom. The first-order valence-electron chi connectivity index (χ1n) is 7.70. The second-order valence-electron chi connectivity index (χ2n) is 6.20. The number of hydrogen-bond acceptors (Lipinski definition) is 3. The molecule has 1 aromatic heterocycles. The van der Waals surface area contributed by atoms with E-state index < -0.39 is 0 Å². The summed E-state index contributed by atoms with van der Waals surface area (Å²) < 4.78 is 7.67. The molecule has 2 aliphatic rings. The summed E-state index contributed by atoms with van der Waals surface area (Å²) in [6.07, 6.45) is 12.1. The number of ether oxygens (including phenoxy) is 1. The van der Waals surface area contributed by atoms with Gasteiger partial charge in [-0.3, -0.25) is 4.68 Å². The standard InChI is InChI=1S/C15H25N3O/c1-12-4-2-5-13(8-12)17-14-9-16-18(10-14)11-15-6-3-7-19-15/h9-10,12-13,15,17H,2-8,11H2,1H3. The summed E-state index contributed by atoms with van der Waals surface area (Å²) >= 11 is 0. The third kappa shape index (κ3) is 3.50. The van der Waals surface area contributed by atoms with Gasteiger partial charge in [0.1, 0.15) is 0 Å². The molecule has 4 heteroatoms. The topological polar surface area (TPSA) is 39.1 Å². The molecule has 2 heterocycles. The number of aromatic nitrogens is 2. The van der Waals surface area contributed by atoms with E-state index in [2.05, 4.69) is 23.5 Å². The maximum atomic E-state index is 5.65. The van der Waals surface area contributed by atoms with Crippen LogP contribution in [-0.2, 0) is 11.3 Å². The highest BCUT2D eigenvalue weighted by molar-refractivity contribution is 5.39. The van der Waals surface area contributed by atoms with E-state index in [1.54, 1.807) is 0 Å². The Morgan fingerprint density at radius 2 is 2.32 bits per heavy atom. The van der Waals surface area contributed by atoms with Crippen molar-refractivity contribution in [2.75, 3.05) is 11.9 Å². The van der Waals surface area contributed by atoms with E-state index in [-0.39, 0.29) is 0 Å². The van der Waals surface area contributed by atoms with Crippen molar-refractivity contribution in [1.82, 2.24) is 9.78 Å². The van der Waals surface area contributed by atoms with Gasteiger partial charge in [-0.15, -0.1) is 0 Å². The molecule has 1 aliphatic heterocycles. The monoisotopic (exact) mass is 263 g/mol. The molecule has 0 amide bonds. The van der Waals surface area contributed by atoms with Crippen LogP contribution in [0.25, 0.3) is 0 Å². The lowest BCUT2D eigenvalue weighted by atomic mass is 9.87. The molecule has 3 unspecified atom stereocenters. The van der Waals surface area contributed by atoms with Crippen molar-refractivity contribution in [3.8, 4) is 0 Å². The maximum absolute atomic E-state index is 5.65. The van der Waals surface area contributed by atoms with Crippen molar-refractivity contribution < 1.29 is 4.74 Å². The van der Waals surface area contributed by atoms with E-state index in [1.807, 2.05) is 10.9 Å². The molecule has 1 N–H and O–H groups in total. The summed E-state index contributed by atoms with van der Waals surface area (Å²) in [4.78, 5) is 0. The second kappa shape index (κ2) is 5.95. The van der Waals surface area contributed by atoms with Gasteiger partial charge in [-0.05, 0) is 31.6 Å². The van der Waals surface area contributed by atoms with E-state index in [0.29, 0.717) is 12.1 Å². The van der Waals surface area contributed by atoms with Crippen LogP contribution in [0.5, 0.6) is 0 Å². The van der Waals surface area contributed by atoms with E-state index in [0.717, 1.165) is 24.8 Å². The predicted octanol–water partition coefficient (Wildman–Crippen LogP) is 3.05. The fourth-order valence-electron chi connectivity index (χ4n) is 3.34. The molecule has 0 aromatic carbocycles. The Kier molecular flexibility index (Phi) is 4.06. The van der Waals surface area contributed by atoms with Crippen molar-refractivity contribution in [2.24, 2.45) is 5.92 Å². The zero-order valence-electron chi connectivity index (χ0n) is 11.8. The van der Waals surface area contributed by atoms with Gasteiger partial charge in [-0.2, -0.15) is 5.10 Å². The van der Waals surface area contributed by atoms with Crippen molar-refractivity contribution >= 4 is 5.69 Å². The smallest absolute Gasteiger partial charge is 0.0771 e. The lowest BCUT2D eigenvalue weighted by molar-refractivity contribution is 0.0940. The average molecular weight is 263 g/mol. The summed E-state index contributed by atoms with van der Waals surface area (Å²) in [6.45, 7) is 4.16. The van der Waals surface area contributed by atoms with Crippen molar-refractivity contribution in [3.63, 3.8) is 0 Å². The van der Waals surface area contributed by atoms with Crippen molar-refractivity contribution in [3.05, 3.63) is 12.4 Å². The van der Waals surface area contributed by atoms with E-state index in [1.165, 1.54) is 38.5 Å². The quantitative estimate of drug-likeness (QED) is 0.907. The van der Waals surface area contributed by atoms with Gasteiger partial charge < -0.3 is 10.1 Å². The van der Waals surface area contributed by atoms with E-state index in [4.69, 9.17) is 4.74 Å². The lowest BCUT2D eigenvalue weighted by Crippen LogP contribution is -2.25. The lowest BCUT2D eigenvalue weighted by Gasteiger charge is -2.27. The largest absolute Gasteiger partial charge is 0.380 e. The third-order valence-electron chi connectivity index (χ3n) is 4.36. The van der Waals surface area contributed by atoms with Crippen LogP contribution in [0.1, 0.15) is 45.4 Å². The first-order chi connectivity index (χ1) is 9.29. The number of rotatable bonds is 4. The van der Waals surface area contributed by atoms with E-state index in [9.17, 15) is 0 Å². The molecule has 1 saturated heterocycles. The van der Waals surface area contributed by atoms with Crippen LogP contribution in [0.4, 0.5) is 5.69 Å². The van der Waals surface area contributed by atoms with Gasteiger partial charge in [-0.25, -0.2) is 0 Å². The van der Waals surface area contributed by atoms with Gasteiger partial charge in [0, 0.05) is 18.8 Å². The fraction of sp³-hybridized carbons (Fsp3) is 0.800. The molecule has 4 nitrogen and oxygen atoms in total. The number of nitrogens with zero attached hydrogens (tertiary/aromatic N) is 2. The fourth-order valence-corrected chi connectivity index (χ4v) is 3.34. The Balaban J connectivity index is 1.52. The Labute approximate surface area is 115 Å². The molecule has 19 heavy (non-hydrogen) atoms. The van der Waals surface area contributed by atoms with Crippen LogP contribution in [0.15, 0.2) is 12.4 Å². The summed E-state index contributed by atoms with van der Waals surface area (Å²) in [5.74, 6) is 0.855. The molecule has 106 valence electrons. The van der Waals surface area contributed by atoms with Gasteiger partial charge in [0.2, 0.25) is 0 Å². The van der Waals surface area contributed by atoms with Crippen molar-refractivity contribution in [1.29, 1.82) is 0 Å². The summed E-state index contributed by atoms with van der Waals surface area (Å²) in [5.41, 5.74) is 1.16. The first-order valence-corrected chi connectivity index (χ1v) is 7.70. The molecule has 3 atom stereocenters. The van der Waals surface area contributed by atoms with Crippen LogP contribution in [0.2, 0.25) is 0 Å². The summed E-state index contributed by atoms with van der Waals surface area (Å²) in [5, 5.41) is 8.07. The van der Waals surface area contributed by atoms with Gasteiger partial charge in [0.15, 0.2) is 0 Å². The van der Waals surface area contributed by atoms with Crippen LogP contribution in [0.3, 0.4) is 0 Å². The minimum atomic E-state index is 0.363. The summed E-state index contributed by atoms with van der Waals surface area (Å²) in [7, 11) is 0. The molecule has 0 radical (unpaired) electrons. The molecule has 2 fully saturated rings. The van der Waals surface area contributed by atoms with Crippen LogP contribution in [-0.4, -0.2) is 28.5 Å². The molecule has 3 rings (SSSR count). The van der Waals surface area contributed by atoms with Crippen LogP contribution in [0, 0.1) is 5.92 Å². The zero-order chi connectivity index (χ0) is 13.1. The Bertz CT molecular complexity index is 398. The molecule has 1 aromatic rings. The minimum absolute atomic E-state index is 0.363. The Hall–Kier alpha value is -1.03. The normalized spacial score (nSPS) is 31.5. The van der Waals surface area contributed by atoms with Crippen molar-refractivity contribution in [2.45, 2.75) is 64.1 Å². The van der Waals surface area contributed by atoms with Gasteiger partial charge in [0.25, 0.3) is 0 Å². The average Bonchev–Trinajstić information content (AvgIpc) is 3.02. The molecular weight excluding hydrogens is 238 g/mol. The van der Waals surface area contributed by atoms with E-state index >= 15 is 0 Å². The number of anilines is 1. The van der Waals surface area contributed by atoms with Gasteiger partial charge >= 0.3 is 0 Å². The zero-order valence-corrected chi connectivity index (χ0v) is 11.8. The minimum Gasteiger partial charge on any atom is -0.380 e. The Morgan fingerprint density at radius 3 is 3.11 bits per heavy atom. The maximum Gasteiger partial charge on any atom is 0.0771 e. The molecule has 0 spiro atoms. The SMILES string of the molecule is CC1CCCC(Nc2cnn(CC3CCCO3)c2)C1. The summed E-state index contributed by atoms with van der Waals surface area (Å²) in [6, 6.07) is 0.629. The predicted molar refractivity (Wildman–Crippen MR) is 76.2 cm³/mol. The highest BCUT2D eigenvalue weighted by Crippen LogP contribution is 2.26. The third-order valence-corrected chi connectivity index (χ3v) is 4.36. The molecule has 1 aliphatic carbocycles. The number of hydrogen-bond donors (Lipinski definition) is 1. The van der Waals surface area contributed by atoms with Crippen LogP contribution < -0.4 is 5.32 Å². The molecule has 1 saturated carbocycles. The van der Waals surface area contributed by atoms with Gasteiger partial charge in [-0.1, -0.05) is 19.8 Å². The van der Waals surface area contributed by atoms with Crippen LogP contribution >= 0.6 is 0 Å². The number of nitrogens with one attached hydrogen (secondary N) is 1. The highest BCUT2D eigenvalue weighted by atomic mass is 16.5. The second-order valence-corrected chi connectivity index (χ2v) is 6.20. The highest BCUT2D eigenvalue weighted by Gasteiger charge is 2.20. The first kappa shape index (κ1) is 13.0.